The Morgan fingerprint density at radius 3 is 2.33 bits per heavy atom. The zero-order chi connectivity index (χ0) is 14.1. The van der Waals surface area contributed by atoms with E-state index in [0.717, 1.165) is 12.1 Å². The number of amides is 1. The van der Waals surface area contributed by atoms with Crippen LogP contribution in [0.4, 0.5) is 18.9 Å². The van der Waals surface area contributed by atoms with Gasteiger partial charge in [-0.15, -0.1) is 0 Å². The highest BCUT2D eigenvalue weighted by Crippen LogP contribution is 2.25. The van der Waals surface area contributed by atoms with Gasteiger partial charge >= 0.3 is 12.1 Å². The predicted octanol–water partition coefficient (Wildman–Crippen LogP) is 2.42. The highest BCUT2D eigenvalue weighted by molar-refractivity contribution is 8.13. The molecular weight excluding hydrogens is 295 g/mol. The number of hydrogen-bond donors (Lipinski definition) is 1. The molecule has 18 heavy (non-hydrogen) atoms. The maximum atomic E-state index is 12.0. The fourth-order valence-corrected chi connectivity index (χ4v) is 2.36. The summed E-state index contributed by atoms with van der Waals surface area (Å²) in [5.74, 6) is -2.19. The summed E-state index contributed by atoms with van der Waals surface area (Å²) < 4.78 is 58.2. The van der Waals surface area contributed by atoms with Crippen LogP contribution in [-0.4, -0.2) is 20.5 Å². The van der Waals surface area contributed by atoms with Gasteiger partial charge in [0.25, 0.3) is 9.05 Å². The van der Waals surface area contributed by atoms with Crippen LogP contribution in [0.3, 0.4) is 0 Å². The van der Waals surface area contributed by atoms with Gasteiger partial charge in [-0.25, -0.2) is 8.42 Å². The number of aryl methyl sites for hydroxylation is 1. The van der Waals surface area contributed by atoms with Gasteiger partial charge in [0.15, 0.2) is 0 Å². The minimum atomic E-state index is -5.05. The number of alkyl halides is 3. The van der Waals surface area contributed by atoms with Crippen molar-refractivity contribution in [3.8, 4) is 0 Å². The van der Waals surface area contributed by atoms with Gasteiger partial charge in [0, 0.05) is 16.4 Å². The van der Waals surface area contributed by atoms with Crippen molar-refractivity contribution in [1.29, 1.82) is 0 Å². The SMILES string of the molecule is Cc1ccc(NC(=O)C(F)(F)F)cc1S(=O)(=O)Cl. The largest absolute Gasteiger partial charge is 0.471 e. The third-order valence-corrected chi connectivity index (χ3v) is 3.43. The predicted molar refractivity (Wildman–Crippen MR) is 58.9 cm³/mol. The Morgan fingerprint density at radius 1 is 1.33 bits per heavy atom. The summed E-state index contributed by atoms with van der Waals surface area (Å²) in [6.45, 7) is 1.42. The molecule has 0 aromatic heterocycles. The molecule has 0 spiro atoms. The lowest BCUT2D eigenvalue weighted by Gasteiger charge is -2.09. The van der Waals surface area contributed by atoms with Gasteiger partial charge in [-0.1, -0.05) is 6.07 Å². The van der Waals surface area contributed by atoms with Gasteiger partial charge < -0.3 is 5.32 Å². The van der Waals surface area contributed by atoms with Gasteiger partial charge in [-0.2, -0.15) is 13.2 Å². The maximum absolute atomic E-state index is 12.0. The minimum absolute atomic E-state index is 0.259. The minimum Gasteiger partial charge on any atom is -0.318 e. The zero-order valence-electron chi connectivity index (χ0n) is 8.88. The molecule has 1 N–H and O–H groups in total. The summed E-state index contributed by atoms with van der Waals surface area (Å²) in [5, 5.41) is 1.53. The highest BCUT2D eigenvalue weighted by Gasteiger charge is 2.38. The first-order valence-electron chi connectivity index (χ1n) is 4.45. The van der Waals surface area contributed by atoms with E-state index in [4.69, 9.17) is 10.7 Å². The van der Waals surface area contributed by atoms with Crippen LogP contribution in [0.25, 0.3) is 0 Å². The lowest BCUT2D eigenvalue weighted by molar-refractivity contribution is -0.167. The molecule has 100 valence electrons. The number of nitrogens with one attached hydrogen (secondary N) is 1. The topological polar surface area (TPSA) is 63.2 Å². The average Bonchev–Trinajstić information content (AvgIpc) is 2.17. The lowest BCUT2D eigenvalue weighted by atomic mass is 10.2. The van der Waals surface area contributed by atoms with Crippen LogP contribution in [0.2, 0.25) is 0 Å². The molecule has 1 aromatic carbocycles. The number of benzene rings is 1. The molecule has 0 fully saturated rings. The normalized spacial score (nSPS) is 12.3. The summed E-state index contributed by atoms with van der Waals surface area (Å²) in [6.07, 6.45) is -5.05. The fraction of sp³-hybridized carbons (Fsp3) is 0.222. The molecular formula is C9H7ClF3NO3S. The van der Waals surface area contributed by atoms with Crippen LogP contribution < -0.4 is 5.32 Å². The van der Waals surface area contributed by atoms with Crippen molar-refractivity contribution in [3.05, 3.63) is 23.8 Å². The van der Waals surface area contributed by atoms with E-state index in [0.29, 0.717) is 0 Å². The summed E-state index contributed by atoms with van der Waals surface area (Å²) in [6, 6.07) is 3.24. The number of hydrogen-bond acceptors (Lipinski definition) is 3. The summed E-state index contributed by atoms with van der Waals surface area (Å²) in [5.41, 5.74) is -0.0443. The molecule has 0 atom stereocenters. The average molecular weight is 302 g/mol. The lowest BCUT2D eigenvalue weighted by Crippen LogP contribution is -2.29. The Kier molecular flexibility index (Phi) is 3.92. The van der Waals surface area contributed by atoms with Crippen molar-refractivity contribution < 1.29 is 26.4 Å². The van der Waals surface area contributed by atoms with Crippen LogP contribution in [0.1, 0.15) is 5.56 Å². The molecule has 0 radical (unpaired) electrons. The smallest absolute Gasteiger partial charge is 0.318 e. The van der Waals surface area contributed by atoms with E-state index < -0.39 is 21.1 Å². The van der Waals surface area contributed by atoms with Gasteiger partial charge in [0.1, 0.15) is 0 Å². The maximum Gasteiger partial charge on any atom is 0.471 e. The van der Waals surface area contributed by atoms with E-state index >= 15 is 0 Å². The second-order valence-corrected chi connectivity index (χ2v) is 5.90. The number of anilines is 1. The molecule has 0 saturated heterocycles. The molecule has 1 amide bonds. The second kappa shape index (κ2) is 4.77. The first kappa shape index (κ1) is 14.8. The van der Waals surface area contributed by atoms with Gasteiger partial charge in [-0.05, 0) is 24.6 Å². The van der Waals surface area contributed by atoms with Crippen molar-refractivity contribution in [2.24, 2.45) is 0 Å². The fourth-order valence-electron chi connectivity index (χ4n) is 1.14. The Hall–Kier alpha value is -1.28. The molecule has 0 aliphatic heterocycles. The van der Waals surface area contributed by atoms with Crippen molar-refractivity contribution in [3.63, 3.8) is 0 Å². The summed E-state index contributed by atoms with van der Waals surface area (Å²) >= 11 is 0. The number of rotatable bonds is 2. The monoisotopic (exact) mass is 301 g/mol. The zero-order valence-corrected chi connectivity index (χ0v) is 10.4. The number of carbonyl (C=O) groups excluding carboxylic acids is 1. The van der Waals surface area contributed by atoms with Crippen molar-refractivity contribution >= 4 is 31.3 Å². The first-order valence-corrected chi connectivity index (χ1v) is 6.76. The van der Waals surface area contributed by atoms with Crippen LogP contribution in [0.15, 0.2) is 23.1 Å². The molecule has 0 aliphatic rings. The van der Waals surface area contributed by atoms with E-state index in [2.05, 4.69) is 0 Å². The third kappa shape index (κ3) is 3.61. The Balaban J connectivity index is 3.12. The van der Waals surface area contributed by atoms with Gasteiger partial charge in [0.2, 0.25) is 0 Å². The number of halogens is 4. The number of carbonyl (C=O) groups is 1. The highest BCUT2D eigenvalue weighted by atomic mass is 35.7. The van der Waals surface area contributed by atoms with Crippen molar-refractivity contribution in [2.45, 2.75) is 18.0 Å². The molecule has 9 heteroatoms. The van der Waals surface area contributed by atoms with E-state index in [1.807, 2.05) is 0 Å². The van der Waals surface area contributed by atoms with Crippen molar-refractivity contribution in [2.75, 3.05) is 5.32 Å². The molecule has 0 heterocycles. The van der Waals surface area contributed by atoms with Crippen LogP contribution >= 0.6 is 10.7 Å². The quantitative estimate of drug-likeness (QED) is 0.853. The Labute approximate surface area is 105 Å². The molecule has 0 aliphatic carbocycles. The molecule has 4 nitrogen and oxygen atoms in total. The van der Waals surface area contributed by atoms with Crippen LogP contribution in [0, 0.1) is 6.92 Å². The van der Waals surface area contributed by atoms with Crippen LogP contribution in [0.5, 0.6) is 0 Å². The van der Waals surface area contributed by atoms with E-state index in [-0.39, 0.29) is 16.1 Å². The second-order valence-electron chi connectivity index (χ2n) is 3.37. The van der Waals surface area contributed by atoms with E-state index in [1.54, 1.807) is 0 Å². The van der Waals surface area contributed by atoms with Gasteiger partial charge in [-0.3, -0.25) is 4.79 Å². The van der Waals surface area contributed by atoms with Gasteiger partial charge in [0.05, 0.1) is 4.90 Å². The summed E-state index contributed by atoms with van der Waals surface area (Å²) in [4.78, 5) is 10.3. The Bertz CT molecular complexity index is 583. The first-order chi connectivity index (χ1) is 8.01. The standard InChI is InChI=1S/C9H7ClF3NO3S/c1-5-2-3-6(4-7(5)18(10,16)17)14-8(15)9(11,12)13/h2-4H,1H3,(H,14,15). The van der Waals surface area contributed by atoms with E-state index in [9.17, 15) is 26.4 Å². The van der Waals surface area contributed by atoms with Crippen LogP contribution in [-0.2, 0) is 13.8 Å². The van der Waals surface area contributed by atoms with E-state index in [1.165, 1.54) is 18.3 Å². The molecule has 1 aromatic rings. The molecule has 0 saturated carbocycles. The van der Waals surface area contributed by atoms with Crippen molar-refractivity contribution in [1.82, 2.24) is 0 Å². The molecule has 0 bridgehead atoms. The molecule has 1 rings (SSSR count). The molecule has 0 unspecified atom stereocenters. The third-order valence-electron chi connectivity index (χ3n) is 1.97. The Morgan fingerprint density at radius 2 is 1.89 bits per heavy atom. The summed E-state index contributed by atoms with van der Waals surface area (Å²) in [7, 11) is 1.01.